The van der Waals surface area contributed by atoms with E-state index in [1.807, 2.05) is 24.3 Å². The number of rotatable bonds is 3. The molecule has 5 nitrogen and oxygen atoms in total. The first-order valence-electron chi connectivity index (χ1n) is 6.20. The molecule has 1 aliphatic carbocycles. The van der Waals surface area contributed by atoms with Crippen LogP contribution in [0.25, 0.3) is 0 Å². The highest BCUT2D eigenvalue weighted by molar-refractivity contribution is 5.97. The third kappa shape index (κ3) is 2.16. The van der Waals surface area contributed by atoms with Crippen LogP contribution in [0, 0.1) is 5.92 Å². The molecule has 2 N–H and O–H groups in total. The van der Waals surface area contributed by atoms with Gasteiger partial charge in [0, 0.05) is 30.4 Å². The molecule has 94 valence electrons. The van der Waals surface area contributed by atoms with Crippen molar-refractivity contribution >= 4 is 23.3 Å². The van der Waals surface area contributed by atoms with Crippen LogP contribution in [0.5, 0.6) is 0 Å². The first-order chi connectivity index (χ1) is 8.74. The van der Waals surface area contributed by atoms with E-state index in [0.717, 1.165) is 24.2 Å². The second-order valence-corrected chi connectivity index (χ2v) is 4.70. The fraction of sp³-hybridized carbons (Fsp3) is 0.385. The fourth-order valence-corrected chi connectivity index (χ4v) is 2.06. The predicted molar refractivity (Wildman–Crippen MR) is 68.5 cm³/mol. The Labute approximate surface area is 105 Å². The SMILES string of the molecule is O=C(Nc1cccc(N2CCNC2=O)c1)C1CC1. The van der Waals surface area contributed by atoms with Gasteiger partial charge in [-0.3, -0.25) is 9.69 Å². The summed E-state index contributed by atoms with van der Waals surface area (Å²) in [6.45, 7) is 1.33. The highest BCUT2D eigenvalue weighted by atomic mass is 16.2. The number of hydrogen-bond donors (Lipinski definition) is 2. The first kappa shape index (κ1) is 11.1. The second kappa shape index (κ2) is 4.33. The lowest BCUT2D eigenvalue weighted by Gasteiger charge is -2.15. The van der Waals surface area contributed by atoms with Crippen molar-refractivity contribution in [1.82, 2.24) is 5.32 Å². The van der Waals surface area contributed by atoms with E-state index in [0.29, 0.717) is 13.1 Å². The molecule has 0 unspecified atom stereocenters. The van der Waals surface area contributed by atoms with Gasteiger partial charge in [-0.15, -0.1) is 0 Å². The number of anilines is 2. The summed E-state index contributed by atoms with van der Waals surface area (Å²) in [6.07, 6.45) is 1.97. The molecule has 1 heterocycles. The van der Waals surface area contributed by atoms with Crippen LogP contribution in [0.15, 0.2) is 24.3 Å². The van der Waals surface area contributed by atoms with Gasteiger partial charge in [0.1, 0.15) is 0 Å². The second-order valence-electron chi connectivity index (χ2n) is 4.70. The smallest absolute Gasteiger partial charge is 0.321 e. The third-order valence-electron chi connectivity index (χ3n) is 3.23. The van der Waals surface area contributed by atoms with Crippen LogP contribution in [-0.4, -0.2) is 25.0 Å². The molecule has 2 aliphatic rings. The van der Waals surface area contributed by atoms with Gasteiger partial charge < -0.3 is 10.6 Å². The zero-order valence-corrected chi connectivity index (χ0v) is 9.98. The van der Waals surface area contributed by atoms with Crippen molar-refractivity contribution in [2.24, 2.45) is 5.92 Å². The van der Waals surface area contributed by atoms with E-state index in [1.165, 1.54) is 0 Å². The summed E-state index contributed by atoms with van der Waals surface area (Å²) in [5.74, 6) is 0.266. The van der Waals surface area contributed by atoms with Crippen molar-refractivity contribution in [2.75, 3.05) is 23.3 Å². The number of nitrogens with one attached hydrogen (secondary N) is 2. The molecule has 2 fully saturated rings. The zero-order valence-electron chi connectivity index (χ0n) is 9.98. The summed E-state index contributed by atoms with van der Waals surface area (Å²) < 4.78 is 0. The van der Waals surface area contributed by atoms with Crippen molar-refractivity contribution < 1.29 is 9.59 Å². The number of amides is 3. The molecule has 1 saturated carbocycles. The maximum absolute atomic E-state index is 11.7. The van der Waals surface area contributed by atoms with Gasteiger partial charge in [0.15, 0.2) is 0 Å². The Balaban J connectivity index is 1.75. The van der Waals surface area contributed by atoms with Crippen LogP contribution in [-0.2, 0) is 4.79 Å². The monoisotopic (exact) mass is 245 g/mol. The molecule has 3 rings (SSSR count). The standard InChI is InChI=1S/C13H15N3O2/c17-12(9-4-5-9)15-10-2-1-3-11(8-10)16-7-6-14-13(16)18/h1-3,8-9H,4-7H2,(H,14,18)(H,15,17). The van der Waals surface area contributed by atoms with Gasteiger partial charge in [-0.05, 0) is 31.0 Å². The molecule has 0 radical (unpaired) electrons. The van der Waals surface area contributed by atoms with Crippen molar-refractivity contribution in [3.05, 3.63) is 24.3 Å². The van der Waals surface area contributed by atoms with Gasteiger partial charge in [-0.1, -0.05) is 6.07 Å². The zero-order chi connectivity index (χ0) is 12.5. The molecule has 1 aliphatic heterocycles. The molecule has 0 bridgehead atoms. The van der Waals surface area contributed by atoms with Crippen molar-refractivity contribution in [3.8, 4) is 0 Å². The molecule has 0 spiro atoms. The van der Waals surface area contributed by atoms with Crippen molar-refractivity contribution in [1.29, 1.82) is 0 Å². The van der Waals surface area contributed by atoms with E-state index in [1.54, 1.807) is 4.90 Å². The van der Waals surface area contributed by atoms with E-state index in [9.17, 15) is 9.59 Å². The highest BCUT2D eigenvalue weighted by Crippen LogP contribution is 2.30. The number of benzene rings is 1. The summed E-state index contributed by atoms with van der Waals surface area (Å²) in [6, 6.07) is 7.32. The van der Waals surface area contributed by atoms with Gasteiger partial charge in [-0.2, -0.15) is 0 Å². The van der Waals surface area contributed by atoms with E-state index < -0.39 is 0 Å². The minimum absolute atomic E-state index is 0.0815. The molecule has 1 aromatic carbocycles. The Morgan fingerprint density at radius 2 is 2.22 bits per heavy atom. The quantitative estimate of drug-likeness (QED) is 0.849. The lowest BCUT2D eigenvalue weighted by atomic mass is 10.2. The average molecular weight is 245 g/mol. The molecular weight excluding hydrogens is 230 g/mol. The Kier molecular flexibility index (Phi) is 2.66. The van der Waals surface area contributed by atoms with Crippen molar-refractivity contribution in [2.45, 2.75) is 12.8 Å². The van der Waals surface area contributed by atoms with Gasteiger partial charge in [0.2, 0.25) is 5.91 Å². The summed E-state index contributed by atoms with van der Waals surface area (Å²) in [5, 5.41) is 5.64. The van der Waals surface area contributed by atoms with E-state index >= 15 is 0 Å². The van der Waals surface area contributed by atoms with Crippen LogP contribution in [0.3, 0.4) is 0 Å². The predicted octanol–water partition coefficient (Wildman–Crippen LogP) is 1.56. The summed E-state index contributed by atoms with van der Waals surface area (Å²) in [4.78, 5) is 24.9. The summed E-state index contributed by atoms with van der Waals surface area (Å²) >= 11 is 0. The number of hydrogen-bond acceptors (Lipinski definition) is 2. The average Bonchev–Trinajstić information content (AvgIpc) is 3.13. The van der Waals surface area contributed by atoms with E-state index in [2.05, 4.69) is 10.6 Å². The van der Waals surface area contributed by atoms with Crippen LogP contribution in [0.4, 0.5) is 16.2 Å². The van der Waals surface area contributed by atoms with E-state index in [4.69, 9.17) is 0 Å². The summed E-state index contributed by atoms with van der Waals surface area (Å²) in [5.41, 5.74) is 1.57. The molecule has 1 aromatic rings. The maximum atomic E-state index is 11.7. The molecule has 18 heavy (non-hydrogen) atoms. The van der Waals surface area contributed by atoms with Gasteiger partial charge in [0.25, 0.3) is 0 Å². The first-order valence-corrected chi connectivity index (χ1v) is 6.20. The van der Waals surface area contributed by atoms with Gasteiger partial charge in [-0.25, -0.2) is 4.79 Å². The van der Waals surface area contributed by atoms with Crippen LogP contribution < -0.4 is 15.5 Å². The minimum Gasteiger partial charge on any atom is -0.336 e. The Morgan fingerprint density at radius 3 is 2.89 bits per heavy atom. The largest absolute Gasteiger partial charge is 0.336 e. The van der Waals surface area contributed by atoms with Gasteiger partial charge >= 0.3 is 6.03 Å². The molecule has 0 atom stereocenters. The number of nitrogens with zero attached hydrogens (tertiary/aromatic N) is 1. The topological polar surface area (TPSA) is 61.4 Å². The molecule has 5 heteroatoms. The lowest BCUT2D eigenvalue weighted by Crippen LogP contribution is -2.27. The molecular formula is C13H15N3O2. The Morgan fingerprint density at radius 1 is 1.39 bits per heavy atom. The Hall–Kier alpha value is -2.04. The minimum atomic E-state index is -0.0827. The third-order valence-corrected chi connectivity index (χ3v) is 3.23. The highest BCUT2D eigenvalue weighted by Gasteiger charge is 2.29. The van der Waals surface area contributed by atoms with E-state index in [-0.39, 0.29) is 17.9 Å². The molecule has 0 aromatic heterocycles. The summed E-state index contributed by atoms with van der Waals surface area (Å²) in [7, 11) is 0. The normalized spacial score (nSPS) is 18.7. The Bertz CT molecular complexity index is 497. The number of carbonyl (C=O) groups excluding carboxylic acids is 2. The molecule has 1 saturated heterocycles. The van der Waals surface area contributed by atoms with Crippen LogP contribution >= 0.6 is 0 Å². The van der Waals surface area contributed by atoms with Crippen LogP contribution in [0.2, 0.25) is 0 Å². The van der Waals surface area contributed by atoms with Gasteiger partial charge in [0.05, 0.1) is 0 Å². The van der Waals surface area contributed by atoms with Crippen LogP contribution in [0.1, 0.15) is 12.8 Å². The molecule has 3 amide bonds. The number of urea groups is 1. The lowest BCUT2D eigenvalue weighted by molar-refractivity contribution is -0.117. The van der Waals surface area contributed by atoms with Crippen molar-refractivity contribution in [3.63, 3.8) is 0 Å². The maximum Gasteiger partial charge on any atom is 0.321 e. The fourth-order valence-electron chi connectivity index (χ4n) is 2.06. The number of carbonyl (C=O) groups is 2.